The fourth-order valence-corrected chi connectivity index (χ4v) is 2.17. The predicted octanol–water partition coefficient (Wildman–Crippen LogP) is 4.00. The van der Waals surface area contributed by atoms with Crippen LogP contribution in [-0.2, 0) is 0 Å². The van der Waals surface area contributed by atoms with Gasteiger partial charge in [-0.25, -0.2) is 0 Å². The van der Waals surface area contributed by atoms with Gasteiger partial charge >= 0.3 is 0 Å². The molecular formula is C19H20O4. The second kappa shape index (κ2) is 7.49. The van der Waals surface area contributed by atoms with Crippen LogP contribution in [0.4, 0.5) is 0 Å². The molecule has 2 rings (SSSR count). The summed E-state index contributed by atoms with van der Waals surface area (Å²) in [6.45, 7) is 1.90. The average Bonchev–Trinajstić information content (AvgIpc) is 2.61. The Hall–Kier alpha value is -2.75. The molecule has 0 heterocycles. The summed E-state index contributed by atoms with van der Waals surface area (Å²) in [5.74, 6) is 1.85. The first kappa shape index (κ1) is 16.6. The number of hydrogen-bond acceptors (Lipinski definition) is 4. The van der Waals surface area contributed by atoms with Crippen molar-refractivity contribution >= 4 is 11.4 Å². The van der Waals surface area contributed by atoms with Gasteiger partial charge < -0.3 is 14.2 Å². The van der Waals surface area contributed by atoms with Crippen molar-refractivity contribution in [1.82, 2.24) is 0 Å². The Morgan fingerprint density at radius 3 is 1.78 bits per heavy atom. The highest BCUT2D eigenvalue weighted by atomic mass is 16.5. The van der Waals surface area contributed by atoms with Crippen molar-refractivity contribution in [2.75, 3.05) is 21.3 Å². The largest absolute Gasteiger partial charge is 0.497 e. The summed E-state index contributed by atoms with van der Waals surface area (Å²) in [4.78, 5) is 12.5. The molecule has 0 saturated carbocycles. The maximum Gasteiger partial charge on any atom is 0.186 e. The lowest BCUT2D eigenvalue weighted by Gasteiger charge is -2.07. The number of methoxy groups -OCH3 is 3. The Bertz CT molecular complexity index is 692. The SMILES string of the molecule is COc1ccc(/C(C)=C/C(=O)c2cc(OC)cc(OC)c2)cc1. The van der Waals surface area contributed by atoms with Gasteiger partial charge in [-0.3, -0.25) is 4.79 Å². The van der Waals surface area contributed by atoms with Crippen LogP contribution in [0.5, 0.6) is 17.2 Å². The van der Waals surface area contributed by atoms with Gasteiger partial charge in [0.05, 0.1) is 21.3 Å². The molecule has 0 aliphatic carbocycles. The summed E-state index contributed by atoms with van der Waals surface area (Å²) in [5, 5.41) is 0. The molecule has 0 fully saturated rings. The Morgan fingerprint density at radius 2 is 1.30 bits per heavy atom. The zero-order valence-corrected chi connectivity index (χ0v) is 13.8. The molecule has 0 bridgehead atoms. The molecule has 0 saturated heterocycles. The fourth-order valence-electron chi connectivity index (χ4n) is 2.17. The van der Waals surface area contributed by atoms with Gasteiger partial charge in [-0.15, -0.1) is 0 Å². The molecule has 23 heavy (non-hydrogen) atoms. The first-order valence-corrected chi connectivity index (χ1v) is 7.17. The Kier molecular flexibility index (Phi) is 5.41. The van der Waals surface area contributed by atoms with Gasteiger partial charge in [-0.1, -0.05) is 12.1 Å². The van der Waals surface area contributed by atoms with Crippen LogP contribution in [0.2, 0.25) is 0 Å². The van der Waals surface area contributed by atoms with Crippen molar-refractivity contribution in [2.24, 2.45) is 0 Å². The number of carbonyl (C=O) groups is 1. The number of rotatable bonds is 6. The topological polar surface area (TPSA) is 44.8 Å². The first-order valence-electron chi connectivity index (χ1n) is 7.17. The minimum absolute atomic E-state index is 0.101. The predicted molar refractivity (Wildman–Crippen MR) is 90.5 cm³/mol. The molecule has 120 valence electrons. The van der Waals surface area contributed by atoms with Gasteiger partial charge in [-0.2, -0.15) is 0 Å². The average molecular weight is 312 g/mol. The number of ketones is 1. The molecule has 0 unspecified atom stereocenters. The fraction of sp³-hybridized carbons (Fsp3) is 0.211. The van der Waals surface area contributed by atoms with Crippen molar-refractivity contribution in [1.29, 1.82) is 0 Å². The summed E-state index contributed by atoms with van der Waals surface area (Å²) >= 11 is 0. The highest BCUT2D eigenvalue weighted by molar-refractivity contribution is 6.08. The van der Waals surface area contributed by atoms with Gasteiger partial charge in [0.15, 0.2) is 5.78 Å². The van der Waals surface area contributed by atoms with Crippen LogP contribution in [0.15, 0.2) is 48.5 Å². The van der Waals surface area contributed by atoms with Crippen LogP contribution in [0, 0.1) is 0 Å². The first-order chi connectivity index (χ1) is 11.1. The molecule has 0 aliphatic rings. The van der Waals surface area contributed by atoms with Crippen LogP contribution in [0.1, 0.15) is 22.8 Å². The number of benzene rings is 2. The van der Waals surface area contributed by atoms with Crippen LogP contribution in [0.25, 0.3) is 5.57 Å². The maximum atomic E-state index is 12.5. The number of hydrogen-bond donors (Lipinski definition) is 0. The lowest BCUT2D eigenvalue weighted by Crippen LogP contribution is -1.98. The van der Waals surface area contributed by atoms with Crippen molar-refractivity contribution in [3.05, 3.63) is 59.7 Å². The molecule has 2 aromatic carbocycles. The van der Waals surface area contributed by atoms with E-state index in [1.54, 1.807) is 45.6 Å². The zero-order valence-electron chi connectivity index (χ0n) is 13.8. The third-order valence-electron chi connectivity index (χ3n) is 3.53. The van der Waals surface area contributed by atoms with E-state index >= 15 is 0 Å². The molecule has 0 radical (unpaired) electrons. The summed E-state index contributed by atoms with van der Waals surface area (Å²) in [6.07, 6.45) is 1.61. The molecule has 0 amide bonds. The highest BCUT2D eigenvalue weighted by Gasteiger charge is 2.09. The van der Waals surface area contributed by atoms with E-state index in [1.165, 1.54) is 0 Å². The summed E-state index contributed by atoms with van der Waals surface area (Å²) in [7, 11) is 4.74. The molecule has 4 nitrogen and oxygen atoms in total. The molecule has 0 spiro atoms. The monoisotopic (exact) mass is 312 g/mol. The van der Waals surface area contributed by atoms with E-state index < -0.39 is 0 Å². The summed E-state index contributed by atoms with van der Waals surface area (Å²) in [6, 6.07) is 12.7. The summed E-state index contributed by atoms with van der Waals surface area (Å²) < 4.78 is 15.5. The quantitative estimate of drug-likeness (QED) is 0.597. The van der Waals surface area contributed by atoms with Gasteiger partial charge in [0.2, 0.25) is 0 Å². The van der Waals surface area contributed by atoms with Crippen molar-refractivity contribution < 1.29 is 19.0 Å². The van der Waals surface area contributed by atoms with Gasteiger partial charge in [0.25, 0.3) is 0 Å². The molecule has 4 heteroatoms. The molecule has 0 atom stereocenters. The molecule has 0 aromatic heterocycles. The van der Waals surface area contributed by atoms with Crippen molar-refractivity contribution in [3.63, 3.8) is 0 Å². The maximum absolute atomic E-state index is 12.5. The van der Waals surface area contributed by atoms with Gasteiger partial charge in [0, 0.05) is 11.6 Å². The van der Waals surface area contributed by atoms with Gasteiger partial charge in [-0.05, 0) is 48.4 Å². The minimum atomic E-state index is -0.101. The smallest absolute Gasteiger partial charge is 0.186 e. The van der Waals surface area contributed by atoms with E-state index in [1.807, 2.05) is 31.2 Å². The number of ether oxygens (including phenoxy) is 3. The number of allylic oxidation sites excluding steroid dienone is 2. The summed E-state index contributed by atoms with van der Waals surface area (Å²) in [5.41, 5.74) is 2.36. The van der Waals surface area contributed by atoms with E-state index in [0.29, 0.717) is 17.1 Å². The van der Waals surface area contributed by atoms with E-state index in [4.69, 9.17) is 14.2 Å². The van der Waals surface area contributed by atoms with Crippen LogP contribution in [0.3, 0.4) is 0 Å². The third-order valence-corrected chi connectivity index (χ3v) is 3.53. The normalized spacial score (nSPS) is 11.0. The van der Waals surface area contributed by atoms with Gasteiger partial charge in [0.1, 0.15) is 17.2 Å². The minimum Gasteiger partial charge on any atom is -0.497 e. The van der Waals surface area contributed by atoms with Crippen LogP contribution in [-0.4, -0.2) is 27.1 Å². The molecular weight excluding hydrogens is 292 g/mol. The van der Waals surface area contributed by atoms with E-state index in [9.17, 15) is 4.79 Å². The lowest BCUT2D eigenvalue weighted by molar-refractivity contribution is 0.104. The van der Waals surface area contributed by atoms with Crippen LogP contribution < -0.4 is 14.2 Å². The van der Waals surface area contributed by atoms with E-state index in [0.717, 1.165) is 16.9 Å². The third kappa shape index (κ3) is 4.13. The van der Waals surface area contributed by atoms with E-state index in [-0.39, 0.29) is 5.78 Å². The van der Waals surface area contributed by atoms with E-state index in [2.05, 4.69) is 0 Å². The Labute approximate surface area is 136 Å². The second-order valence-electron chi connectivity index (χ2n) is 5.02. The Morgan fingerprint density at radius 1 is 0.783 bits per heavy atom. The molecule has 0 N–H and O–H groups in total. The second-order valence-corrected chi connectivity index (χ2v) is 5.02. The Balaban J connectivity index is 2.28. The van der Waals surface area contributed by atoms with Crippen LogP contribution >= 0.6 is 0 Å². The highest BCUT2D eigenvalue weighted by Crippen LogP contribution is 2.24. The van der Waals surface area contributed by atoms with Crippen molar-refractivity contribution in [3.8, 4) is 17.2 Å². The molecule has 2 aromatic rings. The number of carbonyl (C=O) groups excluding carboxylic acids is 1. The van der Waals surface area contributed by atoms with Crippen molar-refractivity contribution in [2.45, 2.75) is 6.92 Å². The standard InChI is InChI=1S/C19H20O4/c1-13(14-5-7-16(21-2)8-6-14)9-19(20)15-10-17(22-3)12-18(11-15)23-4/h5-12H,1-4H3/b13-9+. The molecule has 0 aliphatic heterocycles. The lowest BCUT2D eigenvalue weighted by atomic mass is 10.0. The zero-order chi connectivity index (χ0) is 16.8.